The van der Waals surface area contributed by atoms with Gasteiger partial charge in [0.15, 0.2) is 0 Å². The van der Waals surface area contributed by atoms with Crippen LogP contribution in [0.15, 0.2) is 59.7 Å². The molecular weight excluding hydrogens is 228 g/mol. The van der Waals surface area contributed by atoms with Crippen LogP contribution in [-0.2, 0) is 0 Å². The molecule has 0 saturated heterocycles. The van der Waals surface area contributed by atoms with E-state index in [9.17, 15) is 4.79 Å². The molecule has 0 spiro atoms. The van der Waals surface area contributed by atoms with Gasteiger partial charge in [0.25, 0.3) is 5.56 Å². The van der Waals surface area contributed by atoms with E-state index in [1.165, 1.54) is 10.6 Å². The molecule has 18 heavy (non-hydrogen) atoms. The lowest BCUT2D eigenvalue weighted by atomic mass is 10.3. The predicted octanol–water partition coefficient (Wildman–Crippen LogP) is 0.965. The number of rotatable bonds is 1. The van der Waals surface area contributed by atoms with E-state index in [1.54, 1.807) is 41.1 Å². The summed E-state index contributed by atoms with van der Waals surface area (Å²) in [6.07, 6.45) is 3.34. The third kappa shape index (κ3) is 1.53. The fourth-order valence-corrected chi connectivity index (χ4v) is 1.88. The van der Waals surface area contributed by atoms with Crippen molar-refractivity contribution in [3.8, 4) is 5.82 Å². The van der Waals surface area contributed by atoms with E-state index in [2.05, 4.69) is 4.98 Å². The van der Waals surface area contributed by atoms with Gasteiger partial charge in [0.2, 0.25) is 5.62 Å². The van der Waals surface area contributed by atoms with Gasteiger partial charge < -0.3 is 0 Å². The molecule has 0 aliphatic heterocycles. The molecule has 88 valence electrons. The maximum atomic E-state index is 12.0. The average Bonchev–Trinajstić information content (AvgIpc) is 2.40. The zero-order chi connectivity index (χ0) is 12.5. The number of fused-ring (bicyclic) bond motifs is 1. The lowest BCUT2D eigenvalue weighted by Crippen LogP contribution is -2.36. The minimum Gasteiger partial charge on any atom is -0.287 e. The molecular formula is C13H10N4O. The SMILES string of the molecule is N=c1n(-c2ccccn2)c(=O)cc2ccccn12. The zero-order valence-electron chi connectivity index (χ0n) is 9.45. The fourth-order valence-electron chi connectivity index (χ4n) is 1.88. The van der Waals surface area contributed by atoms with Crippen LogP contribution < -0.4 is 11.2 Å². The Bertz CT molecular complexity index is 818. The van der Waals surface area contributed by atoms with Crippen molar-refractivity contribution in [2.45, 2.75) is 0 Å². The van der Waals surface area contributed by atoms with Crippen molar-refractivity contribution in [2.24, 2.45) is 0 Å². The first-order valence-corrected chi connectivity index (χ1v) is 5.47. The quantitative estimate of drug-likeness (QED) is 0.686. The summed E-state index contributed by atoms with van der Waals surface area (Å²) in [7, 11) is 0. The van der Waals surface area contributed by atoms with Crippen molar-refractivity contribution < 1.29 is 0 Å². The Kier molecular flexibility index (Phi) is 2.30. The molecule has 0 fully saturated rings. The van der Waals surface area contributed by atoms with Crippen molar-refractivity contribution in [3.05, 3.63) is 70.8 Å². The number of aromatic nitrogens is 3. The minimum atomic E-state index is -0.259. The van der Waals surface area contributed by atoms with Gasteiger partial charge in [-0.15, -0.1) is 0 Å². The van der Waals surface area contributed by atoms with Gasteiger partial charge in [0, 0.05) is 18.5 Å². The van der Waals surface area contributed by atoms with Crippen LogP contribution in [0.2, 0.25) is 0 Å². The normalized spacial score (nSPS) is 10.7. The molecule has 0 saturated carbocycles. The largest absolute Gasteiger partial charge is 0.287 e. The van der Waals surface area contributed by atoms with Crippen LogP contribution in [0.5, 0.6) is 0 Å². The van der Waals surface area contributed by atoms with Gasteiger partial charge in [0.1, 0.15) is 5.82 Å². The first-order chi connectivity index (χ1) is 8.77. The topological polar surface area (TPSA) is 63.2 Å². The molecule has 3 aromatic heterocycles. The fraction of sp³-hybridized carbons (Fsp3) is 0. The molecule has 3 rings (SSSR count). The maximum Gasteiger partial charge on any atom is 0.261 e. The van der Waals surface area contributed by atoms with Crippen molar-refractivity contribution in [1.29, 1.82) is 5.41 Å². The lowest BCUT2D eigenvalue weighted by Gasteiger charge is -2.07. The maximum absolute atomic E-state index is 12.0. The molecule has 5 heteroatoms. The van der Waals surface area contributed by atoms with Crippen LogP contribution in [0.1, 0.15) is 0 Å². The molecule has 1 N–H and O–H groups in total. The zero-order valence-corrected chi connectivity index (χ0v) is 9.45. The van der Waals surface area contributed by atoms with E-state index in [0.29, 0.717) is 11.3 Å². The average molecular weight is 238 g/mol. The second kappa shape index (κ2) is 3.96. The van der Waals surface area contributed by atoms with E-state index < -0.39 is 0 Å². The van der Waals surface area contributed by atoms with Gasteiger partial charge in [0.05, 0.1) is 5.52 Å². The number of hydrogen-bond acceptors (Lipinski definition) is 3. The molecule has 5 nitrogen and oxygen atoms in total. The summed E-state index contributed by atoms with van der Waals surface area (Å²) in [6, 6.07) is 12.2. The highest BCUT2D eigenvalue weighted by molar-refractivity contribution is 5.45. The van der Waals surface area contributed by atoms with Crippen LogP contribution in [0, 0.1) is 5.41 Å². The third-order valence-corrected chi connectivity index (χ3v) is 2.70. The summed E-state index contributed by atoms with van der Waals surface area (Å²) < 4.78 is 2.91. The molecule has 0 amide bonds. The number of nitrogens with zero attached hydrogens (tertiary/aromatic N) is 3. The molecule has 0 aliphatic carbocycles. The first kappa shape index (κ1) is 10.5. The van der Waals surface area contributed by atoms with E-state index in [-0.39, 0.29) is 11.2 Å². The summed E-state index contributed by atoms with van der Waals surface area (Å²) in [6.45, 7) is 0. The van der Waals surface area contributed by atoms with E-state index in [1.807, 2.05) is 12.1 Å². The summed E-state index contributed by atoms with van der Waals surface area (Å²) in [4.78, 5) is 16.2. The van der Waals surface area contributed by atoms with E-state index in [0.717, 1.165) is 0 Å². The lowest BCUT2D eigenvalue weighted by molar-refractivity contribution is 0.770. The molecule has 0 bridgehead atoms. The second-order valence-electron chi connectivity index (χ2n) is 3.83. The van der Waals surface area contributed by atoms with Gasteiger partial charge >= 0.3 is 0 Å². The molecule has 3 heterocycles. The van der Waals surface area contributed by atoms with E-state index in [4.69, 9.17) is 5.41 Å². The summed E-state index contributed by atoms with van der Waals surface area (Å²) in [5.41, 5.74) is 0.515. The number of hydrogen-bond donors (Lipinski definition) is 1. The highest BCUT2D eigenvalue weighted by Gasteiger charge is 2.05. The Labute approximate surface area is 102 Å². The predicted molar refractivity (Wildman–Crippen MR) is 66.6 cm³/mol. The highest BCUT2D eigenvalue weighted by Crippen LogP contribution is 1.99. The molecule has 0 aromatic carbocycles. The Morgan fingerprint density at radius 3 is 2.72 bits per heavy atom. The van der Waals surface area contributed by atoms with Crippen LogP contribution in [0.3, 0.4) is 0 Å². The summed E-state index contributed by atoms with van der Waals surface area (Å²) in [5.74, 6) is 0.450. The van der Waals surface area contributed by atoms with Crippen LogP contribution >= 0.6 is 0 Å². The van der Waals surface area contributed by atoms with Crippen LogP contribution in [0.25, 0.3) is 11.3 Å². The van der Waals surface area contributed by atoms with Gasteiger partial charge in [-0.3, -0.25) is 14.6 Å². The minimum absolute atomic E-state index is 0.0804. The Morgan fingerprint density at radius 2 is 1.94 bits per heavy atom. The van der Waals surface area contributed by atoms with Crippen molar-refractivity contribution in [3.63, 3.8) is 0 Å². The Hall–Kier alpha value is -2.69. The van der Waals surface area contributed by atoms with Gasteiger partial charge in [-0.25, -0.2) is 9.55 Å². The number of pyridine rings is 2. The van der Waals surface area contributed by atoms with Gasteiger partial charge in [-0.05, 0) is 24.3 Å². The summed E-state index contributed by atoms with van der Waals surface area (Å²) in [5, 5.41) is 8.10. The standard InChI is InChI=1S/C13H10N4O/c14-13-16-8-4-2-5-10(16)9-12(18)17(13)11-6-1-3-7-15-11/h1-9,14H. The Balaban J connectivity index is 2.45. The molecule has 0 aliphatic rings. The molecule has 0 radical (unpaired) electrons. The molecule has 0 atom stereocenters. The first-order valence-electron chi connectivity index (χ1n) is 5.47. The van der Waals surface area contributed by atoms with Crippen LogP contribution in [-0.4, -0.2) is 14.0 Å². The second-order valence-corrected chi connectivity index (χ2v) is 3.83. The highest BCUT2D eigenvalue weighted by atomic mass is 16.1. The van der Waals surface area contributed by atoms with Crippen molar-refractivity contribution in [1.82, 2.24) is 14.0 Å². The van der Waals surface area contributed by atoms with Crippen molar-refractivity contribution in [2.75, 3.05) is 0 Å². The number of nitrogens with one attached hydrogen (secondary N) is 1. The van der Waals surface area contributed by atoms with Gasteiger partial charge in [-0.1, -0.05) is 12.1 Å². The van der Waals surface area contributed by atoms with E-state index >= 15 is 0 Å². The third-order valence-electron chi connectivity index (χ3n) is 2.70. The smallest absolute Gasteiger partial charge is 0.261 e. The monoisotopic (exact) mass is 238 g/mol. The van der Waals surface area contributed by atoms with Crippen LogP contribution in [0.4, 0.5) is 0 Å². The molecule has 0 unspecified atom stereocenters. The Morgan fingerprint density at radius 1 is 1.11 bits per heavy atom. The van der Waals surface area contributed by atoms with Crippen molar-refractivity contribution >= 4 is 5.52 Å². The van der Waals surface area contributed by atoms with Gasteiger partial charge in [-0.2, -0.15) is 0 Å². The summed E-state index contributed by atoms with van der Waals surface area (Å²) >= 11 is 0. The molecule has 3 aromatic rings.